The maximum Gasteiger partial charge on any atom is 0.185 e. The van der Waals surface area contributed by atoms with Gasteiger partial charge in [0.25, 0.3) is 0 Å². The van der Waals surface area contributed by atoms with Crippen molar-refractivity contribution in [2.45, 2.75) is 46.0 Å². The van der Waals surface area contributed by atoms with E-state index in [4.69, 9.17) is 4.43 Å². The molecule has 0 aliphatic heterocycles. The Hall–Kier alpha value is -1.11. The van der Waals surface area contributed by atoms with Crippen LogP contribution in [0.25, 0.3) is 0 Å². The van der Waals surface area contributed by atoms with Crippen molar-refractivity contribution < 1.29 is 8.82 Å². The molecule has 0 aliphatic rings. The van der Waals surface area contributed by atoms with Gasteiger partial charge in [-0.3, -0.25) is 0 Å². The molecule has 1 aromatic rings. The van der Waals surface area contributed by atoms with E-state index in [-0.39, 0.29) is 5.82 Å². The van der Waals surface area contributed by atoms with E-state index in [1.165, 1.54) is 12.1 Å². The third-order valence-corrected chi connectivity index (χ3v) is 3.23. The molecule has 0 saturated heterocycles. The molecule has 1 rings (SSSR count). The first kappa shape index (κ1) is 14.9. The van der Waals surface area contributed by atoms with Gasteiger partial charge < -0.3 is 4.43 Å². The Morgan fingerprint density at radius 3 is 2.28 bits per heavy atom. The highest BCUT2D eigenvalue weighted by atomic mass is 28.4. The summed E-state index contributed by atoms with van der Waals surface area (Å²) in [4.78, 5) is 0. The largest absolute Gasteiger partial charge is 0.402 e. The topological polar surface area (TPSA) is 9.23 Å². The summed E-state index contributed by atoms with van der Waals surface area (Å²) in [6.07, 6.45) is 0. The van der Waals surface area contributed by atoms with Crippen LogP contribution >= 0.6 is 0 Å². The highest BCUT2D eigenvalue weighted by Gasteiger charge is 2.25. The Kier molecular flexibility index (Phi) is 4.36. The SMILES string of the molecule is Cc1cc(F)cc(C#CC(C)(C)O[Si](C)(C)C)c1. The van der Waals surface area contributed by atoms with E-state index in [9.17, 15) is 4.39 Å². The molecule has 0 radical (unpaired) electrons. The summed E-state index contributed by atoms with van der Waals surface area (Å²) in [7, 11) is -1.63. The maximum atomic E-state index is 13.2. The first-order valence-electron chi connectivity index (χ1n) is 6.08. The van der Waals surface area contributed by atoms with Gasteiger partial charge in [-0.15, -0.1) is 0 Å². The summed E-state index contributed by atoms with van der Waals surface area (Å²) in [5, 5.41) is 0. The van der Waals surface area contributed by atoms with E-state index in [0.29, 0.717) is 5.56 Å². The molecule has 0 amide bonds. The minimum absolute atomic E-state index is 0.247. The molecule has 0 heterocycles. The number of hydrogen-bond acceptors (Lipinski definition) is 1. The molecule has 0 aromatic heterocycles. The summed E-state index contributed by atoms with van der Waals surface area (Å²) in [6, 6.07) is 4.82. The van der Waals surface area contributed by atoms with Crippen LogP contribution in [0.3, 0.4) is 0 Å². The molecule has 1 nitrogen and oxygen atoms in total. The van der Waals surface area contributed by atoms with E-state index in [0.717, 1.165) is 5.56 Å². The first-order valence-corrected chi connectivity index (χ1v) is 9.49. The van der Waals surface area contributed by atoms with Gasteiger partial charge in [0.15, 0.2) is 8.32 Å². The molecule has 1 aromatic carbocycles. The zero-order valence-corrected chi connectivity index (χ0v) is 13.0. The molecule has 0 aliphatic carbocycles. The molecule has 3 heteroatoms. The van der Waals surface area contributed by atoms with Crippen molar-refractivity contribution in [3.8, 4) is 11.8 Å². The van der Waals surface area contributed by atoms with Gasteiger partial charge in [0.05, 0.1) is 0 Å². The van der Waals surface area contributed by atoms with E-state index in [1.54, 1.807) is 0 Å². The fourth-order valence-corrected chi connectivity index (χ4v) is 3.40. The average Bonchev–Trinajstić information content (AvgIpc) is 2.09. The summed E-state index contributed by atoms with van der Waals surface area (Å²) in [6.45, 7) is 12.1. The zero-order valence-electron chi connectivity index (χ0n) is 12.0. The number of rotatable bonds is 2. The molecule has 0 N–H and O–H groups in total. The Bertz CT molecular complexity index is 469. The predicted octanol–water partition coefficient (Wildman–Crippen LogP) is 4.12. The number of halogens is 1. The van der Waals surface area contributed by atoms with Crippen LogP contribution in [-0.4, -0.2) is 13.9 Å². The molecule has 98 valence electrons. The van der Waals surface area contributed by atoms with E-state index in [2.05, 4.69) is 31.5 Å². The highest BCUT2D eigenvalue weighted by Crippen LogP contribution is 2.16. The second-order valence-corrected chi connectivity index (χ2v) is 10.4. The van der Waals surface area contributed by atoms with Crippen LogP contribution in [0.15, 0.2) is 18.2 Å². The second kappa shape index (κ2) is 5.25. The van der Waals surface area contributed by atoms with Gasteiger partial charge in [-0.05, 0) is 64.2 Å². The molecule has 0 bridgehead atoms. The van der Waals surface area contributed by atoms with Crippen LogP contribution in [-0.2, 0) is 4.43 Å². The number of hydrogen-bond donors (Lipinski definition) is 0. The van der Waals surface area contributed by atoms with Gasteiger partial charge >= 0.3 is 0 Å². The summed E-state index contributed by atoms with van der Waals surface area (Å²) >= 11 is 0. The Morgan fingerprint density at radius 2 is 1.78 bits per heavy atom. The average molecular weight is 264 g/mol. The molecule has 0 atom stereocenters. The fraction of sp³-hybridized carbons (Fsp3) is 0.467. The summed E-state index contributed by atoms with van der Waals surface area (Å²) < 4.78 is 19.2. The third-order valence-electron chi connectivity index (χ3n) is 2.11. The lowest BCUT2D eigenvalue weighted by atomic mass is 10.1. The molecular weight excluding hydrogens is 243 g/mol. The first-order chi connectivity index (χ1) is 8.07. The smallest absolute Gasteiger partial charge is 0.185 e. The number of aryl methyl sites for hydroxylation is 1. The molecule has 0 spiro atoms. The van der Waals surface area contributed by atoms with Crippen molar-refractivity contribution >= 4 is 8.32 Å². The van der Waals surface area contributed by atoms with E-state index >= 15 is 0 Å². The third kappa shape index (κ3) is 5.48. The maximum absolute atomic E-state index is 13.2. The molecule has 0 saturated carbocycles. The van der Waals surface area contributed by atoms with Crippen LogP contribution in [0.2, 0.25) is 19.6 Å². The quantitative estimate of drug-likeness (QED) is 0.577. The normalized spacial score (nSPS) is 11.9. The lowest BCUT2D eigenvalue weighted by Gasteiger charge is -2.28. The summed E-state index contributed by atoms with van der Waals surface area (Å²) in [5.74, 6) is 5.83. The van der Waals surface area contributed by atoms with Gasteiger partial charge in [-0.2, -0.15) is 0 Å². The van der Waals surface area contributed by atoms with Crippen molar-refractivity contribution in [3.63, 3.8) is 0 Å². The molecule has 18 heavy (non-hydrogen) atoms. The van der Waals surface area contributed by atoms with Crippen molar-refractivity contribution in [1.82, 2.24) is 0 Å². The van der Waals surface area contributed by atoms with Gasteiger partial charge in [-0.1, -0.05) is 11.8 Å². The zero-order chi connectivity index (χ0) is 14.0. The lowest BCUT2D eigenvalue weighted by molar-refractivity contribution is 0.164. The Balaban J connectivity index is 2.93. The van der Waals surface area contributed by atoms with Crippen molar-refractivity contribution in [2.75, 3.05) is 0 Å². The summed E-state index contributed by atoms with van der Waals surface area (Å²) in [5.41, 5.74) is 1.08. The van der Waals surface area contributed by atoms with Gasteiger partial charge in [0.2, 0.25) is 0 Å². The Labute approximate surface area is 110 Å². The van der Waals surface area contributed by atoms with Gasteiger partial charge in [0, 0.05) is 5.56 Å². The molecule has 0 unspecified atom stereocenters. The van der Waals surface area contributed by atoms with Crippen LogP contribution in [0.4, 0.5) is 4.39 Å². The number of benzene rings is 1. The lowest BCUT2D eigenvalue weighted by Crippen LogP contribution is -2.37. The van der Waals surface area contributed by atoms with Crippen LogP contribution in [0, 0.1) is 24.6 Å². The van der Waals surface area contributed by atoms with Crippen LogP contribution in [0.1, 0.15) is 25.0 Å². The monoisotopic (exact) mass is 264 g/mol. The standard InChI is InChI=1S/C15H21FOSi/c1-12-9-13(11-14(16)10-12)7-8-15(2,3)17-18(4,5)6/h9-11H,1-6H3. The minimum atomic E-state index is -1.63. The minimum Gasteiger partial charge on any atom is -0.402 e. The van der Waals surface area contributed by atoms with E-state index in [1.807, 2.05) is 26.8 Å². The highest BCUT2D eigenvalue weighted by molar-refractivity contribution is 6.69. The van der Waals surface area contributed by atoms with Crippen LogP contribution < -0.4 is 0 Å². The second-order valence-electron chi connectivity index (χ2n) is 5.99. The Morgan fingerprint density at radius 1 is 1.17 bits per heavy atom. The van der Waals surface area contributed by atoms with Gasteiger partial charge in [0.1, 0.15) is 11.4 Å². The molecule has 0 fully saturated rings. The predicted molar refractivity (Wildman–Crippen MR) is 76.5 cm³/mol. The van der Waals surface area contributed by atoms with E-state index < -0.39 is 13.9 Å². The van der Waals surface area contributed by atoms with Crippen LogP contribution in [0.5, 0.6) is 0 Å². The van der Waals surface area contributed by atoms with Gasteiger partial charge in [-0.25, -0.2) is 4.39 Å². The van der Waals surface area contributed by atoms with Crippen molar-refractivity contribution in [3.05, 3.63) is 35.1 Å². The molecular formula is C15H21FOSi. The fourth-order valence-electron chi connectivity index (χ4n) is 1.82. The van der Waals surface area contributed by atoms with Crippen molar-refractivity contribution in [2.24, 2.45) is 0 Å². The van der Waals surface area contributed by atoms with Crippen molar-refractivity contribution in [1.29, 1.82) is 0 Å².